The second kappa shape index (κ2) is 11.2. The first-order valence-corrected chi connectivity index (χ1v) is 11.0. The number of hydrogen-bond acceptors (Lipinski definition) is 6. The SMILES string of the molecule is NCc1ccc(CNC(=O)c2ccc3c(c2)CN(C2CCC(=O)NC2=O)C3=O)cc1.O=C(O)C(F)(F)F. The van der Waals surface area contributed by atoms with Crippen molar-refractivity contribution in [1.29, 1.82) is 0 Å². The van der Waals surface area contributed by atoms with E-state index in [4.69, 9.17) is 15.6 Å². The van der Waals surface area contributed by atoms with Gasteiger partial charge < -0.3 is 21.1 Å². The number of alkyl halides is 3. The van der Waals surface area contributed by atoms with Gasteiger partial charge in [-0.3, -0.25) is 24.5 Å². The molecule has 2 aliphatic rings. The number of piperidine rings is 1. The van der Waals surface area contributed by atoms with Gasteiger partial charge in [-0.15, -0.1) is 0 Å². The van der Waals surface area contributed by atoms with Crippen LogP contribution in [0.5, 0.6) is 0 Å². The number of carboxylic acid groups (broad SMARTS) is 1. The van der Waals surface area contributed by atoms with Crippen molar-refractivity contribution in [2.75, 3.05) is 0 Å². The van der Waals surface area contributed by atoms with Crippen LogP contribution in [0.2, 0.25) is 0 Å². The van der Waals surface area contributed by atoms with Crippen molar-refractivity contribution in [2.45, 2.75) is 44.7 Å². The first-order chi connectivity index (χ1) is 17.4. The molecular weight excluding hydrogens is 497 g/mol. The number of aliphatic carboxylic acids is 1. The van der Waals surface area contributed by atoms with Crippen molar-refractivity contribution in [3.8, 4) is 0 Å². The molecule has 0 radical (unpaired) electrons. The first-order valence-electron chi connectivity index (χ1n) is 11.0. The molecule has 0 aromatic heterocycles. The van der Waals surface area contributed by atoms with Crippen LogP contribution in [0.25, 0.3) is 0 Å². The van der Waals surface area contributed by atoms with Crippen molar-refractivity contribution >= 4 is 29.6 Å². The largest absolute Gasteiger partial charge is 0.490 e. The van der Waals surface area contributed by atoms with Crippen molar-refractivity contribution < 1.29 is 42.3 Å². The third kappa shape index (κ3) is 6.70. The number of carbonyl (C=O) groups excluding carboxylic acids is 4. The standard InChI is InChI=1S/C22H22N4O4.C2HF3O2/c23-10-13-1-3-14(4-2-13)11-24-20(28)15-5-6-17-16(9-15)12-26(22(17)30)18-7-8-19(27)25-21(18)29;3-2(4,5)1(6)7/h1-6,9,18H,7-8,10-12,23H2,(H,24,28)(H,25,27,29);(H,6,7). The van der Waals surface area contributed by atoms with E-state index in [2.05, 4.69) is 10.6 Å². The highest BCUT2D eigenvalue weighted by Gasteiger charge is 2.39. The van der Waals surface area contributed by atoms with Gasteiger partial charge in [0.25, 0.3) is 11.8 Å². The van der Waals surface area contributed by atoms with Crippen LogP contribution in [0.3, 0.4) is 0 Å². The monoisotopic (exact) mass is 520 g/mol. The Hall–Kier alpha value is -4.26. The van der Waals surface area contributed by atoms with E-state index in [1.165, 1.54) is 4.90 Å². The maximum absolute atomic E-state index is 12.7. The summed E-state index contributed by atoms with van der Waals surface area (Å²) in [6.07, 6.45) is -4.57. The maximum atomic E-state index is 12.7. The number of nitrogens with zero attached hydrogens (tertiary/aromatic N) is 1. The van der Waals surface area contributed by atoms with Crippen LogP contribution in [0.1, 0.15) is 50.2 Å². The van der Waals surface area contributed by atoms with Crippen LogP contribution in [-0.4, -0.2) is 51.8 Å². The zero-order valence-corrected chi connectivity index (χ0v) is 19.3. The minimum absolute atomic E-state index is 0.205. The smallest absolute Gasteiger partial charge is 0.475 e. The zero-order chi connectivity index (χ0) is 27.3. The fraction of sp³-hybridized carbons (Fsp3) is 0.292. The predicted octanol–water partition coefficient (Wildman–Crippen LogP) is 1.47. The predicted molar refractivity (Wildman–Crippen MR) is 122 cm³/mol. The van der Waals surface area contributed by atoms with Gasteiger partial charge in [-0.1, -0.05) is 24.3 Å². The molecule has 1 saturated heterocycles. The molecular formula is C24H23F3N4O6. The Kier molecular flexibility index (Phi) is 8.28. The molecule has 2 aliphatic heterocycles. The number of benzene rings is 2. The van der Waals surface area contributed by atoms with Gasteiger partial charge in [0.1, 0.15) is 6.04 Å². The Morgan fingerprint density at radius 3 is 2.27 bits per heavy atom. The molecule has 37 heavy (non-hydrogen) atoms. The normalized spacial score (nSPS) is 16.9. The topological polar surface area (TPSA) is 159 Å². The molecule has 4 amide bonds. The fourth-order valence-electron chi connectivity index (χ4n) is 3.79. The van der Waals surface area contributed by atoms with E-state index in [1.807, 2.05) is 24.3 Å². The van der Waals surface area contributed by atoms with Crippen LogP contribution >= 0.6 is 0 Å². The van der Waals surface area contributed by atoms with E-state index in [9.17, 15) is 32.3 Å². The Morgan fingerprint density at radius 2 is 1.70 bits per heavy atom. The number of fused-ring (bicyclic) bond motifs is 1. The molecule has 1 fully saturated rings. The zero-order valence-electron chi connectivity index (χ0n) is 19.3. The van der Waals surface area contributed by atoms with E-state index in [1.54, 1.807) is 18.2 Å². The summed E-state index contributed by atoms with van der Waals surface area (Å²) in [5.41, 5.74) is 9.20. The summed E-state index contributed by atoms with van der Waals surface area (Å²) in [5.74, 6) is -4.03. The van der Waals surface area contributed by atoms with Gasteiger partial charge in [0, 0.05) is 37.2 Å². The van der Waals surface area contributed by atoms with Crippen molar-refractivity contribution in [1.82, 2.24) is 15.5 Å². The van der Waals surface area contributed by atoms with E-state index in [-0.39, 0.29) is 30.7 Å². The maximum Gasteiger partial charge on any atom is 0.490 e. The number of rotatable bonds is 5. The lowest BCUT2D eigenvalue weighted by atomic mass is 10.0. The quantitative estimate of drug-likeness (QED) is 0.435. The lowest BCUT2D eigenvalue weighted by molar-refractivity contribution is -0.192. The minimum Gasteiger partial charge on any atom is -0.475 e. The molecule has 4 rings (SSSR count). The third-order valence-electron chi connectivity index (χ3n) is 5.74. The highest BCUT2D eigenvalue weighted by molar-refractivity contribution is 6.06. The van der Waals surface area contributed by atoms with Crippen molar-refractivity contribution in [3.05, 3.63) is 70.3 Å². The molecule has 0 saturated carbocycles. The summed E-state index contributed by atoms with van der Waals surface area (Å²) in [7, 11) is 0. The lowest BCUT2D eigenvalue weighted by Gasteiger charge is -2.29. The Labute approximate surface area is 208 Å². The summed E-state index contributed by atoms with van der Waals surface area (Å²) < 4.78 is 31.7. The second-order valence-corrected chi connectivity index (χ2v) is 8.28. The summed E-state index contributed by atoms with van der Waals surface area (Å²) >= 11 is 0. The van der Waals surface area contributed by atoms with Crippen molar-refractivity contribution in [2.24, 2.45) is 5.73 Å². The number of hydrogen-bond donors (Lipinski definition) is 4. The van der Waals surface area contributed by atoms with Gasteiger partial charge in [0.05, 0.1) is 0 Å². The molecule has 2 aromatic rings. The second-order valence-electron chi connectivity index (χ2n) is 8.28. The number of imide groups is 1. The van der Waals surface area contributed by atoms with Crippen LogP contribution < -0.4 is 16.4 Å². The highest BCUT2D eigenvalue weighted by atomic mass is 19.4. The van der Waals surface area contributed by atoms with Crippen molar-refractivity contribution in [3.63, 3.8) is 0 Å². The first kappa shape index (κ1) is 27.3. The summed E-state index contributed by atoms with van der Waals surface area (Å²) in [5, 5.41) is 12.3. The molecule has 2 aromatic carbocycles. The van der Waals surface area contributed by atoms with Gasteiger partial charge in [-0.05, 0) is 41.3 Å². The van der Waals surface area contributed by atoms with Crippen LogP contribution in [-0.2, 0) is 34.0 Å². The number of carbonyl (C=O) groups is 5. The summed E-state index contributed by atoms with van der Waals surface area (Å²) in [6, 6.07) is 11.9. The number of amides is 4. The number of nitrogens with one attached hydrogen (secondary N) is 2. The van der Waals surface area contributed by atoms with Gasteiger partial charge >= 0.3 is 12.1 Å². The fourth-order valence-corrected chi connectivity index (χ4v) is 3.79. The van der Waals surface area contributed by atoms with E-state index in [0.717, 1.165) is 11.1 Å². The average molecular weight is 520 g/mol. The van der Waals surface area contributed by atoms with Gasteiger partial charge in [0.15, 0.2) is 0 Å². The van der Waals surface area contributed by atoms with Gasteiger partial charge in [0.2, 0.25) is 11.8 Å². The van der Waals surface area contributed by atoms with Gasteiger partial charge in [-0.25, -0.2) is 4.79 Å². The van der Waals surface area contributed by atoms with Gasteiger partial charge in [-0.2, -0.15) is 13.2 Å². The van der Waals surface area contributed by atoms with Crippen LogP contribution in [0.4, 0.5) is 13.2 Å². The molecule has 0 bridgehead atoms. The molecule has 196 valence electrons. The molecule has 2 heterocycles. The number of carboxylic acids is 1. The van der Waals surface area contributed by atoms with Crippen LogP contribution in [0.15, 0.2) is 42.5 Å². The minimum atomic E-state index is -5.08. The molecule has 13 heteroatoms. The number of halogens is 3. The Balaban J connectivity index is 0.000000479. The van der Waals surface area contributed by atoms with E-state index >= 15 is 0 Å². The summed E-state index contributed by atoms with van der Waals surface area (Å²) in [4.78, 5) is 59.1. The molecule has 1 atom stereocenters. The molecule has 0 spiro atoms. The third-order valence-corrected chi connectivity index (χ3v) is 5.74. The Morgan fingerprint density at radius 1 is 1.08 bits per heavy atom. The number of nitrogens with two attached hydrogens (primary N) is 1. The lowest BCUT2D eigenvalue weighted by Crippen LogP contribution is -2.52. The van der Waals surface area contributed by atoms with E-state index < -0.39 is 24.1 Å². The molecule has 5 N–H and O–H groups in total. The highest BCUT2D eigenvalue weighted by Crippen LogP contribution is 2.28. The average Bonchev–Trinajstić information content (AvgIpc) is 3.18. The summed E-state index contributed by atoms with van der Waals surface area (Å²) in [6.45, 7) is 1.08. The molecule has 0 aliphatic carbocycles. The van der Waals surface area contributed by atoms with E-state index in [0.29, 0.717) is 36.2 Å². The Bertz CT molecular complexity index is 1230. The molecule has 1 unspecified atom stereocenters. The molecule has 10 nitrogen and oxygen atoms in total. The van der Waals surface area contributed by atoms with Crippen LogP contribution in [0, 0.1) is 0 Å².